The van der Waals surface area contributed by atoms with Crippen LogP contribution in [0.5, 0.6) is 0 Å². The fourth-order valence-electron chi connectivity index (χ4n) is 2.19. The summed E-state index contributed by atoms with van der Waals surface area (Å²) in [6, 6.07) is 2.74. The van der Waals surface area contributed by atoms with Crippen LogP contribution in [0.2, 0.25) is 0 Å². The van der Waals surface area contributed by atoms with Crippen LogP contribution in [0, 0.1) is 11.6 Å². The molecule has 1 aliphatic carbocycles. The Labute approximate surface area is 107 Å². The van der Waals surface area contributed by atoms with Crippen molar-refractivity contribution < 1.29 is 17.8 Å². The number of halogens is 2. The molecule has 1 aliphatic rings. The predicted molar refractivity (Wildman–Crippen MR) is 66.0 cm³/mol. The molecule has 1 atom stereocenters. The molecule has 1 aromatic rings. The number of benzene rings is 1. The Morgan fingerprint density at radius 3 is 2.61 bits per heavy atom. The summed E-state index contributed by atoms with van der Waals surface area (Å²) < 4.78 is 38.2. The average Bonchev–Trinajstić information content (AvgIpc) is 2.85. The van der Waals surface area contributed by atoms with Gasteiger partial charge >= 0.3 is 0 Å². The van der Waals surface area contributed by atoms with Gasteiger partial charge in [-0.3, -0.25) is 9.00 Å². The molecular formula is C13H14F2O2S. The van der Waals surface area contributed by atoms with E-state index in [1.165, 1.54) is 0 Å². The Morgan fingerprint density at radius 2 is 1.94 bits per heavy atom. The van der Waals surface area contributed by atoms with Crippen LogP contribution in [-0.4, -0.2) is 21.0 Å². The molecule has 1 fully saturated rings. The smallest absolute Gasteiger partial charge is 0.178 e. The Balaban J connectivity index is 2.07. The van der Waals surface area contributed by atoms with Crippen LogP contribution < -0.4 is 0 Å². The van der Waals surface area contributed by atoms with Crippen molar-refractivity contribution in [2.75, 3.05) is 5.75 Å². The normalized spacial score (nSPS) is 17.9. The fourth-order valence-corrected chi connectivity index (χ4v) is 3.70. The number of Topliss-reactive ketones (excluding diaryl/α,β-unsaturated/α-hetero) is 1. The molecular weight excluding hydrogens is 258 g/mol. The molecule has 0 heterocycles. The summed E-state index contributed by atoms with van der Waals surface area (Å²) >= 11 is 0. The Hall–Kier alpha value is -1.10. The van der Waals surface area contributed by atoms with Gasteiger partial charge in [0, 0.05) is 16.0 Å². The van der Waals surface area contributed by atoms with Crippen LogP contribution >= 0.6 is 0 Å². The van der Waals surface area contributed by atoms with Crippen LogP contribution in [-0.2, 0) is 10.8 Å². The lowest BCUT2D eigenvalue weighted by Crippen LogP contribution is -2.20. The van der Waals surface area contributed by atoms with E-state index < -0.39 is 28.2 Å². The molecule has 0 aromatic heterocycles. The molecule has 0 bridgehead atoms. The first-order valence-corrected chi connectivity index (χ1v) is 7.31. The minimum Gasteiger partial charge on any atom is -0.293 e. The number of rotatable bonds is 4. The minimum atomic E-state index is -1.28. The van der Waals surface area contributed by atoms with E-state index in [9.17, 15) is 17.8 Å². The van der Waals surface area contributed by atoms with Gasteiger partial charge < -0.3 is 0 Å². The van der Waals surface area contributed by atoms with Crippen molar-refractivity contribution in [1.82, 2.24) is 0 Å². The highest BCUT2D eigenvalue weighted by Gasteiger charge is 2.24. The van der Waals surface area contributed by atoms with E-state index in [2.05, 4.69) is 0 Å². The fraction of sp³-hybridized carbons (Fsp3) is 0.462. The van der Waals surface area contributed by atoms with E-state index >= 15 is 0 Å². The van der Waals surface area contributed by atoms with E-state index in [0.29, 0.717) is 0 Å². The van der Waals surface area contributed by atoms with Gasteiger partial charge in [-0.2, -0.15) is 0 Å². The van der Waals surface area contributed by atoms with Crippen LogP contribution in [0.1, 0.15) is 36.0 Å². The second-order valence-electron chi connectivity index (χ2n) is 4.48. The summed E-state index contributed by atoms with van der Waals surface area (Å²) in [5.41, 5.74) is -0.304. The van der Waals surface area contributed by atoms with Crippen molar-refractivity contribution >= 4 is 16.6 Å². The number of carbonyl (C=O) groups excluding carboxylic acids is 1. The third-order valence-electron chi connectivity index (χ3n) is 3.18. The zero-order valence-corrected chi connectivity index (χ0v) is 10.6. The second kappa shape index (κ2) is 5.69. The SMILES string of the molecule is O=C(CS(=O)C1CCCC1)c1cc(F)ccc1F. The molecule has 98 valence electrons. The number of ketones is 1. The first-order chi connectivity index (χ1) is 8.58. The monoisotopic (exact) mass is 272 g/mol. The topological polar surface area (TPSA) is 34.1 Å². The summed E-state index contributed by atoms with van der Waals surface area (Å²) in [5, 5.41) is 0.0329. The lowest BCUT2D eigenvalue weighted by atomic mass is 10.1. The van der Waals surface area contributed by atoms with Crippen LogP contribution in [0.25, 0.3) is 0 Å². The summed E-state index contributed by atoms with van der Waals surface area (Å²) in [4.78, 5) is 11.8. The molecule has 0 saturated heterocycles. The van der Waals surface area contributed by atoms with Gasteiger partial charge in [-0.1, -0.05) is 12.8 Å². The molecule has 1 aromatic carbocycles. The van der Waals surface area contributed by atoms with Crippen LogP contribution in [0.4, 0.5) is 8.78 Å². The maximum absolute atomic E-state index is 13.4. The summed E-state index contributed by atoms with van der Waals surface area (Å²) in [5.74, 6) is -2.22. The molecule has 18 heavy (non-hydrogen) atoms. The second-order valence-corrected chi connectivity index (χ2v) is 6.20. The maximum Gasteiger partial charge on any atom is 0.178 e. The summed E-state index contributed by atoms with van der Waals surface area (Å²) in [7, 11) is -1.28. The molecule has 5 heteroatoms. The number of hydrogen-bond donors (Lipinski definition) is 0. The number of hydrogen-bond acceptors (Lipinski definition) is 2. The van der Waals surface area contributed by atoms with Crippen LogP contribution in [0.3, 0.4) is 0 Å². The highest BCUT2D eigenvalue weighted by atomic mass is 32.2. The van der Waals surface area contributed by atoms with E-state index in [1.807, 2.05) is 0 Å². The Bertz CT molecular complexity index is 482. The summed E-state index contributed by atoms with van der Waals surface area (Å²) in [6.45, 7) is 0. The molecule has 1 saturated carbocycles. The molecule has 0 spiro atoms. The van der Waals surface area contributed by atoms with Crippen molar-refractivity contribution in [2.24, 2.45) is 0 Å². The van der Waals surface area contributed by atoms with Gasteiger partial charge in [-0.15, -0.1) is 0 Å². The third-order valence-corrected chi connectivity index (χ3v) is 4.94. The van der Waals surface area contributed by atoms with Crippen molar-refractivity contribution in [3.63, 3.8) is 0 Å². The largest absolute Gasteiger partial charge is 0.293 e. The first kappa shape index (κ1) is 13.3. The van der Waals surface area contributed by atoms with E-state index in [4.69, 9.17) is 0 Å². The predicted octanol–water partition coefficient (Wildman–Crippen LogP) is 2.84. The molecule has 2 rings (SSSR count). The maximum atomic E-state index is 13.4. The van der Waals surface area contributed by atoms with E-state index in [-0.39, 0.29) is 16.6 Å². The quantitative estimate of drug-likeness (QED) is 0.790. The minimum absolute atomic E-state index is 0.0329. The van der Waals surface area contributed by atoms with Gasteiger partial charge in [-0.25, -0.2) is 8.78 Å². The molecule has 0 N–H and O–H groups in total. The van der Waals surface area contributed by atoms with E-state index in [0.717, 1.165) is 43.9 Å². The average molecular weight is 272 g/mol. The van der Waals surface area contributed by atoms with Gasteiger partial charge in [-0.05, 0) is 31.0 Å². The van der Waals surface area contributed by atoms with Crippen LogP contribution in [0.15, 0.2) is 18.2 Å². The molecule has 1 unspecified atom stereocenters. The standard InChI is InChI=1S/C13H14F2O2S/c14-9-5-6-12(15)11(7-9)13(16)8-18(17)10-3-1-2-4-10/h5-7,10H,1-4,8H2. The highest BCUT2D eigenvalue weighted by molar-refractivity contribution is 7.86. The zero-order chi connectivity index (χ0) is 13.1. The third kappa shape index (κ3) is 3.02. The zero-order valence-electron chi connectivity index (χ0n) is 9.83. The molecule has 0 radical (unpaired) electrons. The van der Waals surface area contributed by atoms with Gasteiger partial charge in [0.2, 0.25) is 0 Å². The first-order valence-electron chi connectivity index (χ1n) is 5.93. The van der Waals surface area contributed by atoms with Gasteiger partial charge in [0.25, 0.3) is 0 Å². The Morgan fingerprint density at radius 1 is 1.28 bits per heavy atom. The van der Waals surface area contributed by atoms with Gasteiger partial charge in [0.1, 0.15) is 11.6 Å². The highest BCUT2D eigenvalue weighted by Crippen LogP contribution is 2.23. The lowest BCUT2D eigenvalue weighted by molar-refractivity contribution is 0.101. The Kier molecular flexibility index (Phi) is 4.22. The van der Waals surface area contributed by atoms with Crippen molar-refractivity contribution in [1.29, 1.82) is 0 Å². The van der Waals surface area contributed by atoms with Crippen molar-refractivity contribution in [2.45, 2.75) is 30.9 Å². The van der Waals surface area contributed by atoms with Gasteiger partial charge in [0.05, 0.1) is 11.3 Å². The molecule has 2 nitrogen and oxygen atoms in total. The molecule has 0 aliphatic heterocycles. The molecule has 0 amide bonds. The van der Waals surface area contributed by atoms with Crippen molar-refractivity contribution in [3.05, 3.63) is 35.4 Å². The number of carbonyl (C=O) groups is 1. The summed E-state index contributed by atoms with van der Waals surface area (Å²) in [6.07, 6.45) is 3.76. The lowest BCUT2D eigenvalue weighted by Gasteiger charge is -2.08. The van der Waals surface area contributed by atoms with E-state index in [1.54, 1.807) is 0 Å². The van der Waals surface area contributed by atoms with Gasteiger partial charge in [0.15, 0.2) is 5.78 Å². The van der Waals surface area contributed by atoms with Crippen molar-refractivity contribution in [3.8, 4) is 0 Å².